The van der Waals surface area contributed by atoms with Gasteiger partial charge in [0.1, 0.15) is 17.4 Å². The van der Waals surface area contributed by atoms with Crippen molar-refractivity contribution in [2.45, 2.75) is 13.5 Å². The lowest BCUT2D eigenvalue weighted by Gasteiger charge is -2.06. The van der Waals surface area contributed by atoms with Gasteiger partial charge < -0.3 is 10.1 Å². The van der Waals surface area contributed by atoms with Crippen LogP contribution < -0.4 is 10.1 Å². The lowest BCUT2D eigenvalue weighted by molar-refractivity contribution is -0.0498. The highest BCUT2D eigenvalue weighted by atomic mass is 19.3. The zero-order valence-corrected chi connectivity index (χ0v) is 13.5. The second kappa shape index (κ2) is 7.26. The van der Waals surface area contributed by atoms with E-state index in [0.29, 0.717) is 11.5 Å². The Morgan fingerprint density at radius 3 is 2.50 bits per heavy atom. The molecule has 3 aromatic rings. The monoisotopic (exact) mass is 362 g/mol. The van der Waals surface area contributed by atoms with E-state index in [1.807, 2.05) is 0 Å². The Balaban J connectivity index is 1.80. The predicted molar refractivity (Wildman–Crippen MR) is 87.1 cm³/mol. The fourth-order valence-electron chi connectivity index (χ4n) is 2.24. The summed E-state index contributed by atoms with van der Waals surface area (Å²) >= 11 is 0. The molecule has 0 aliphatic heterocycles. The Morgan fingerprint density at radius 2 is 1.85 bits per heavy atom. The number of aryl methyl sites for hydroxylation is 1. The minimum Gasteiger partial charge on any atom is -0.435 e. The van der Waals surface area contributed by atoms with Gasteiger partial charge in [0.05, 0.1) is 11.4 Å². The molecule has 0 spiro atoms. The van der Waals surface area contributed by atoms with Gasteiger partial charge in [0, 0.05) is 0 Å². The highest BCUT2D eigenvalue weighted by Gasteiger charge is 2.17. The summed E-state index contributed by atoms with van der Waals surface area (Å²) in [6.07, 6.45) is 0. The molecule has 2 aromatic carbocycles. The number of nitrogens with zero attached hydrogens (tertiary/aromatic N) is 3. The normalized spacial score (nSPS) is 10.8. The lowest BCUT2D eigenvalue weighted by Crippen LogP contribution is -2.15. The first-order chi connectivity index (χ1) is 12.4. The van der Waals surface area contributed by atoms with Crippen molar-refractivity contribution < 1.29 is 22.7 Å². The third-order valence-electron chi connectivity index (χ3n) is 3.40. The minimum atomic E-state index is -2.91. The maximum atomic E-state index is 13.6. The quantitative estimate of drug-likeness (QED) is 0.753. The van der Waals surface area contributed by atoms with E-state index in [-0.39, 0.29) is 17.3 Å². The molecule has 26 heavy (non-hydrogen) atoms. The second-order valence-electron chi connectivity index (χ2n) is 5.20. The van der Waals surface area contributed by atoms with Crippen molar-refractivity contribution in [1.29, 1.82) is 0 Å². The molecule has 1 N–H and O–H groups in total. The fourth-order valence-corrected chi connectivity index (χ4v) is 2.24. The van der Waals surface area contributed by atoms with E-state index in [4.69, 9.17) is 0 Å². The van der Waals surface area contributed by atoms with E-state index in [0.717, 1.165) is 0 Å². The van der Waals surface area contributed by atoms with Crippen molar-refractivity contribution in [3.8, 4) is 11.4 Å². The molecule has 134 valence electrons. The summed E-state index contributed by atoms with van der Waals surface area (Å²) in [5, 5.41) is 6.47. The van der Waals surface area contributed by atoms with E-state index in [9.17, 15) is 18.0 Å². The zero-order valence-electron chi connectivity index (χ0n) is 13.5. The lowest BCUT2D eigenvalue weighted by atomic mass is 10.3. The fraction of sp³-hybridized carbons (Fsp3) is 0.118. The molecule has 0 aliphatic carbocycles. The van der Waals surface area contributed by atoms with Crippen LogP contribution in [0.4, 0.5) is 18.9 Å². The van der Waals surface area contributed by atoms with Gasteiger partial charge in [-0.2, -0.15) is 8.78 Å². The molecule has 1 heterocycles. The zero-order chi connectivity index (χ0) is 18.7. The number of para-hydroxylation sites is 1. The van der Waals surface area contributed by atoms with Gasteiger partial charge in [-0.15, -0.1) is 5.10 Å². The Bertz CT molecular complexity index is 926. The molecule has 0 fully saturated rings. The predicted octanol–water partition coefficient (Wildman–Crippen LogP) is 3.57. The molecule has 1 aromatic heterocycles. The van der Waals surface area contributed by atoms with Crippen molar-refractivity contribution in [1.82, 2.24) is 14.8 Å². The number of ether oxygens (including phenoxy) is 1. The van der Waals surface area contributed by atoms with Gasteiger partial charge in [-0.05, 0) is 43.3 Å². The van der Waals surface area contributed by atoms with E-state index in [2.05, 4.69) is 20.1 Å². The number of benzene rings is 2. The van der Waals surface area contributed by atoms with Crippen LogP contribution in [0.5, 0.6) is 5.75 Å². The average Bonchev–Trinajstić information content (AvgIpc) is 2.99. The SMILES string of the molecule is Cc1nc(C(=O)Nc2ccccc2F)nn1-c1ccc(OC(F)F)cc1. The number of anilines is 1. The summed E-state index contributed by atoms with van der Waals surface area (Å²) in [5.41, 5.74) is 0.515. The molecule has 9 heteroatoms. The first-order valence-corrected chi connectivity index (χ1v) is 7.49. The average molecular weight is 362 g/mol. The number of carbonyl (C=O) groups excluding carboxylic acids is 1. The molecule has 0 atom stereocenters. The molecule has 0 saturated heterocycles. The van der Waals surface area contributed by atoms with Gasteiger partial charge >= 0.3 is 6.61 Å². The van der Waals surface area contributed by atoms with E-state index < -0.39 is 18.3 Å². The first-order valence-electron chi connectivity index (χ1n) is 7.49. The van der Waals surface area contributed by atoms with Crippen LogP contribution in [-0.2, 0) is 0 Å². The number of alkyl halides is 2. The molecule has 3 rings (SSSR count). The van der Waals surface area contributed by atoms with Gasteiger partial charge in [0.25, 0.3) is 5.91 Å². The molecule has 1 amide bonds. The molecule has 0 saturated carbocycles. The molecule has 0 bridgehead atoms. The maximum absolute atomic E-state index is 13.6. The molecule has 6 nitrogen and oxygen atoms in total. The first kappa shape index (κ1) is 17.5. The maximum Gasteiger partial charge on any atom is 0.387 e. The molecule has 0 radical (unpaired) electrons. The summed E-state index contributed by atoms with van der Waals surface area (Å²) in [4.78, 5) is 16.3. The van der Waals surface area contributed by atoms with Gasteiger partial charge in [0.2, 0.25) is 5.82 Å². The summed E-state index contributed by atoms with van der Waals surface area (Å²) < 4.78 is 43.6. The smallest absolute Gasteiger partial charge is 0.387 e. The number of halogens is 3. The topological polar surface area (TPSA) is 69.0 Å². The number of aromatic nitrogens is 3. The molecule has 0 aliphatic rings. The minimum absolute atomic E-state index is 0.000891. The highest BCUT2D eigenvalue weighted by Crippen LogP contribution is 2.18. The summed E-state index contributed by atoms with van der Waals surface area (Å²) in [5.74, 6) is -1.01. The van der Waals surface area contributed by atoms with Gasteiger partial charge in [-0.3, -0.25) is 4.79 Å². The summed E-state index contributed by atoms with van der Waals surface area (Å²) in [7, 11) is 0. The number of rotatable bonds is 5. The number of nitrogens with one attached hydrogen (secondary N) is 1. The third-order valence-corrected chi connectivity index (χ3v) is 3.40. The van der Waals surface area contributed by atoms with Crippen LogP contribution in [0.3, 0.4) is 0 Å². The van der Waals surface area contributed by atoms with Crippen LogP contribution in [0.2, 0.25) is 0 Å². The van der Waals surface area contributed by atoms with Crippen LogP contribution in [0, 0.1) is 12.7 Å². The van der Waals surface area contributed by atoms with Crippen molar-refractivity contribution in [2.24, 2.45) is 0 Å². The van der Waals surface area contributed by atoms with Crippen LogP contribution in [0.1, 0.15) is 16.4 Å². The van der Waals surface area contributed by atoms with Crippen molar-refractivity contribution in [3.05, 3.63) is 66.0 Å². The number of hydrogen-bond acceptors (Lipinski definition) is 4. The van der Waals surface area contributed by atoms with Crippen LogP contribution in [0.25, 0.3) is 5.69 Å². The van der Waals surface area contributed by atoms with Crippen molar-refractivity contribution in [3.63, 3.8) is 0 Å². The van der Waals surface area contributed by atoms with Crippen molar-refractivity contribution >= 4 is 11.6 Å². The van der Waals surface area contributed by atoms with Crippen LogP contribution >= 0.6 is 0 Å². The Morgan fingerprint density at radius 1 is 1.15 bits per heavy atom. The highest BCUT2D eigenvalue weighted by molar-refractivity contribution is 6.01. The van der Waals surface area contributed by atoms with E-state index in [1.165, 1.54) is 47.1 Å². The number of amides is 1. The second-order valence-corrected chi connectivity index (χ2v) is 5.20. The Hall–Kier alpha value is -3.36. The van der Waals surface area contributed by atoms with Gasteiger partial charge in [0.15, 0.2) is 0 Å². The molecular weight excluding hydrogens is 349 g/mol. The Kier molecular flexibility index (Phi) is 4.87. The largest absolute Gasteiger partial charge is 0.435 e. The van der Waals surface area contributed by atoms with Gasteiger partial charge in [-0.1, -0.05) is 12.1 Å². The number of carbonyl (C=O) groups is 1. The Labute approximate surface area is 146 Å². The van der Waals surface area contributed by atoms with E-state index >= 15 is 0 Å². The summed E-state index contributed by atoms with van der Waals surface area (Å²) in [6.45, 7) is -1.29. The summed E-state index contributed by atoms with van der Waals surface area (Å²) in [6, 6.07) is 11.4. The van der Waals surface area contributed by atoms with Gasteiger partial charge in [-0.25, -0.2) is 14.1 Å². The van der Waals surface area contributed by atoms with Crippen LogP contribution in [0.15, 0.2) is 48.5 Å². The molecule has 0 unspecified atom stereocenters. The van der Waals surface area contributed by atoms with E-state index in [1.54, 1.807) is 13.0 Å². The van der Waals surface area contributed by atoms with Crippen LogP contribution in [-0.4, -0.2) is 27.3 Å². The standard InChI is InChI=1S/C17H13F3N4O2/c1-10-21-15(16(25)22-14-5-3-2-4-13(14)18)23-24(10)11-6-8-12(9-7-11)26-17(19)20/h2-9,17H,1H3,(H,22,25). The molecular formula is C17H13F3N4O2. The third kappa shape index (κ3) is 3.82. The van der Waals surface area contributed by atoms with Crippen molar-refractivity contribution in [2.75, 3.05) is 5.32 Å². The number of hydrogen-bond donors (Lipinski definition) is 1.